The Morgan fingerprint density at radius 3 is 2.42 bits per heavy atom. The fourth-order valence-electron chi connectivity index (χ4n) is 1.75. The summed E-state index contributed by atoms with van der Waals surface area (Å²) in [7, 11) is 0. The summed E-state index contributed by atoms with van der Waals surface area (Å²) >= 11 is 0. The van der Waals surface area contributed by atoms with Gasteiger partial charge in [-0.3, -0.25) is 4.99 Å². The van der Waals surface area contributed by atoms with Crippen molar-refractivity contribution in [2.24, 2.45) is 22.7 Å². The molecule has 1 rings (SSSR count). The van der Waals surface area contributed by atoms with Crippen LogP contribution < -0.4 is 0 Å². The molecule has 0 aromatic rings. The summed E-state index contributed by atoms with van der Waals surface area (Å²) in [5.41, 5.74) is 1.38. The summed E-state index contributed by atoms with van der Waals surface area (Å²) in [6.45, 7) is 9.02. The Labute approximate surface area is 75.6 Å². The summed E-state index contributed by atoms with van der Waals surface area (Å²) in [4.78, 5) is 4.47. The van der Waals surface area contributed by atoms with Crippen molar-refractivity contribution in [3.8, 4) is 0 Å². The molecular formula is C11H19N. The Bertz CT molecular complexity index is 199. The van der Waals surface area contributed by atoms with Gasteiger partial charge in [0.1, 0.15) is 0 Å². The quantitative estimate of drug-likeness (QED) is 0.595. The maximum atomic E-state index is 4.47. The monoisotopic (exact) mass is 165 g/mol. The van der Waals surface area contributed by atoms with Gasteiger partial charge in [-0.2, -0.15) is 0 Å². The van der Waals surface area contributed by atoms with Crippen LogP contribution in [0.25, 0.3) is 0 Å². The number of rotatable bonds is 2. The van der Waals surface area contributed by atoms with Crippen LogP contribution in [0.1, 0.15) is 34.1 Å². The van der Waals surface area contributed by atoms with Crippen LogP contribution in [0.15, 0.2) is 17.3 Å². The lowest BCUT2D eigenvalue weighted by molar-refractivity contribution is 0.478. The van der Waals surface area contributed by atoms with Crippen molar-refractivity contribution in [1.29, 1.82) is 0 Å². The average Bonchev–Trinajstić information content (AvgIpc) is 2.04. The molecule has 1 aliphatic rings. The number of allylic oxidation sites excluding steroid dienone is 1. The molecule has 0 amide bonds. The highest BCUT2D eigenvalue weighted by atomic mass is 14.7. The van der Waals surface area contributed by atoms with Gasteiger partial charge < -0.3 is 0 Å². The summed E-state index contributed by atoms with van der Waals surface area (Å²) in [6.07, 6.45) is 5.30. The number of hydrogen-bond acceptors (Lipinski definition) is 1. The van der Waals surface area contributed by atoms with Crippen LogP contribution in [0.4, 0.5) is 0 Å². The van der Waals surface area contributed by atoms with E-state index in [0.29, 0.717) is 11.8 Å². The maximum Gasteiger partial charge on any atom is 0.0240 e. The normalized spacial score (nSPS) is 23.5. The minimum atomic E-state index is 0.599. The molecule has 0 saturated heterocycles. The van der Waals surface area contributed by atoms with E-state index in [-0.39, 0.29) is 0 Å². The van der Waals surface area contributed by atoms with Gasteiger partial charge in [-0.15, -0.1) is 0 Å². The molecule has 0 N–H and O–H groups in total. The highest BCUT2D eigenvalue weighted by Crippen LogP contribution is 2.24. The molecule has 0 saturated carbocycles. The molecule has 0 aromatic heterocycles. The summed E-state index contributed by atoms with van der Waals surface area (Å²) in [5.74, 6) is 1.99. The average molecular weight is 165 g/mol. The second-order valence-corrected chi connectivity index (χ2v) is 4.18. The zero-order valence-corrected chi connectivity index (χ0v) is 8.54. The first-order valence-electron chi connectivity index (χ1n) is 4.85. The third-order valence-corrected chi connectivity index (χ3v) is 2.50. The van der Waals surface area contributed by atoms with Crippen LogP contribution in [0.5, 0.6) is 0 Å². The molecule has 0 aliphatic carbocycles. The fraction of sp³-hybridized carbons (Fsp3) is 0.727. The first-order chi connectivity index (χ1) is 5.63. The minimum Gasteiger partial charge on any atom is -0.265 e. The van der Waals surface area contributed by atoms with Gasteiger partial charge in [-0.25, -0.2) is 0 Å². The molecule has 68 valence electrons. The van der Waals surface area contributed by atoms with Gasteiger partial charge >= 0.3 is 0 Å². The third kappa shape index (κ3) is 1.96. The van der Waals surface area contributed by atoms with Gasteiger partial charge in [-0.05, 0) is 18.3 Å². The van der Waals surface area contributed by atoms with Gasteiger partial charge in [0.15, 0.2) is 0 Å². The SMILES string of the molecule is CC(C)C1=NC=CCC1C(C)C. The van der Waals surface area contributed by atoms with Gasteiger partial charge in [-0.1, -0.05) is 33.8 Å². The van der Waals surface area contributed by atoms with Crippen molar-refractivity contribution in [2.45, 2.75) is 34.1 Å². The Morgan fingerprint density at radius 2 is 2.00 bits per heavy atom. The Morgan fingerprint density at radius 1 is 1.33 bits per heavy atom. The smallest absolute Gasteiger partial charge is 0.0240 e. The van der Waals surface area contributed by atoms with Gasteiger partial charge in [0, 0.05) is 17.8 Å². The van der Waals surface area contributed by atoms with E-state index in [2.05, 4.69) is 38.8 Å². The molecule has 1 atom stereocenters. The Hall–Kier alpha value is -0.590. The molecule has 1 heterocycles. The molecular weight excluding hydrogens is 146 g/mol. The first-order valence-corrected chi connectivity index (χ1v) is 4.85. The lowest BCUT2D eigenvalue weighted by Gasteiger charge is -2.26. The summed E-state index contributed by atoms with van der Waals surface area (Å²) in [5, 5.41) is 0. The van der Waals surface area contributed by atoms with E-state index in [1.54, 1.807) is 0 Å². The second kappa shape index (κ2) is 3.88. The van der Waals surface area contributed by atoms with E-state index in [0.717, 1.165) is 5.92 Å². The molecule has 0 bridgehead atoms. The van der Waals surface area contributed by atoms with Crippen LogP contribution in [0.3, 0.4) is 0 Å². The molecule has 1 heteroatoms. The van der Waals surface area contributed by atoms with E-state index in [9.17, 15) is 0 Å². The van der Waals surface area contributed by atoms with Crippen molar-refractivity contribution in [3.63, 3.8) is 0 Å². The van der Waals surface area contributed by atoms with Crippen LogP contribution in [0.2, 0.25) is 0 Å². The van der Waals surface area contributed by atoms with E-state index in [1.165, 1.54) is 12.1 Å². The van der Waals surface area contributed by atoms with E-state index >= 15 is 0 Å². The molecule has 1 nitrogen and oxygen atoms in total. The third-order valence-electron chi connectivity index (χ3n) is 2.50. The number of aliphatic imine (C=N–C) groups is 1. The van der Waals surface area contributed by atoms with Crippen LogP contribution in [-0.2, 0) is 0 Å². The van der Waals surface area contributed by atoms with E-state index < -0.39 is 0 Å². The van der Waals surface area contributed by atoms with Crippen molar-refractivity contribution in [1.82, 2.24) is 0 Å². The Kier molecular flexibility index (Phi) is 3.07. The van der Waals surface area contributed by atoms with Crippen LogP contribution in [-0.4, -0.2) is 5.71 Å². The molecule has 0 aromatic carbocycles. The predicted molar refractivity (Wildman–Crippen MR) is 54.4 cm³/mol. The van der Waals surface area contributed by atoms with Crippen LogP contribution >= 0.6 is 0 Å². The molecule has 0 radical (unpaired) electrons. The molecule has 1 aliphatic heterocycles. The van der Waals surface area contributed by atoms with Gasteiger partial charge in [0.25, 0.3) is 0 Å². The zero-order valence-electron chi connectivity index (χ0n) is 8.54. The van der Waals surface area contributed by atoms with Crippen LogP contribution in [0, 0.1) is 17.8 Å². The molecule has 0 spiro atoms. The Balaban J connectivity index is 2.77. The second-order valence-electron chi connectivity index (χ2n) is 4.18. The zero-order chi connectivity index (χ0) is 9.14. The lowest BCUT2D eigenvalue weighted by Crippen LogP contribution is -2.25. The van der Waals surface area contributed by atoms with E-state index in [1.807, 2.05) is 6.20 Å². The summed E-state index contributed by atoms with van der Waals surface area (Å²) < 4.78 is 0. The van der Waals surface area contributed by atoms with Crippen molar-refractivity contribution in [2.75, 3.05) is 0 Å². The van der Waals surface area contributed by atoms with Gasteiger partial charge in [0.2, 0.25) is 0 Å². The highest BCUT2D eigenvalue weighted by molar-refractivity contribution is 5.89. The number of nitrogens with zero attached hydrogens (tertiary/aromatic N) is 1. The summed E-state index contributed by atoms with van der Waals surface area (Å²) in [6, 6.07) is 0. The van der Waals surface area contributed by atoms with Crippen molar-refractivity contribution >= 4 is 5.71 Å². The molecule has 12 heavy (non-hydrogen) atoms. The predicted octanol–water partition coefficient (Wildman–Crippen LogP) is 3.27. The maximum absolute atomic E-state index is 4.47. The number of hydrogen-bond donors (Lipinski definition) is 0. The largest absolute Gasteiger partial charge is 0.265 e. The lowest BCUT2D eigenvalue weighted by atomic mass is 9.82. The molecule has 0 fully saturated rings. The van der Waals surface area contributed by atoms with Gasteiger partial charge in [0.05, 0.1) is 0 Å². The molecule has 1 unspecified atom stereocenters. The topological polar surface area (TPSA) is 12.4 Å². The van der Waals surface area contributed by atoms with E-state index in [4.69, 9.17) is 0 Å². The minimum absolute atomic E-state index is 0.599. The first kappa shape index (κ1) is 9.50. The highest BCUT2D eigenvalue weighted by Gasteiger charge is 2.22. The van der Waals surface area contributed by atoms with Crippen molar-refractivity contribution in [3.05, 3.63) is 12.3 Å². The fourth-order valence-corrected chi connectivity index (χ4v) is 1.75. The standard InChI is InChI=1S/C11H19N/c1-8(2)10-6-5-7-12-11(10)9(3)4/h5,7-10H,6H2,1-4H3. The van der Waals surface area contributed by atoms with Crippen molar-refractivity contribution < 1.29 is 0 Å².